The molecule has 0 aliphatic heterocycles. The van der Waals surface area contributed by atoms with E-state index in [0.717, 1.165) is 23.1 Å². The summed E-state index contributed by atoms with van der Waals surface area (Å²) in [5.41, 5.74) is 0.906. The average Bonchev–Trinajstić information content (AvgIpc) is 2.43. The molecule has 1 aromatic carbocycles. The van der Waals surface area contributed by atoms with Crippen LogP contribution in [0.25, 0.3) is 0 Å². The number of rotatable bonds is 5. The third kappa shape index (κ3) is 4.01. The number of pyridine rings is 1. The van der Waals surface area contributed by atoms with Crippen molar-refractivity contribution >= 4 is 44.8 Å². The highest BCUT2D eigenvalue weighted by Gasteiger charge is 2.08. The zero-order valence-corrected chi connectivity index (χ0v) is 13.9. The van der Waals surface area contributed by atoms with Gasteiger partial charge in [-0.2, -0.15) is 0 Å². The van der Waals surface area contributed by atoms with Crippen LogP contribution in [0.5, 0.6) is 11.5 Å². The molecule has 0 unspecified atom stereocenters. The number of ether oxygens (including phenoxy) is 1. The molecule has 0 radical (unpaired) electrons. The highest BCUT2D eigenvalue weighted by atomic mass is 79.9. The first-order valence-corrected chi connectivity index (χ1v) is 7.66. The molecule has 0 atom stereocenters. The summed E-state index contributed by atoms with van der Waals surface area (Å²) in [4.78, 5) is 4.13. The molecule has 6 heteroatoms. The minimum absolute atomic E-state index is 0.480. The maximum absolute atomic E-state index is 6.13. The Kier molecular flexibility index (Phi) is 5.52. The largest absolute Gasteiger partial charge is 0.454 e. The van der Waals surface area contributed by atoms with Gasteiger partial charge in [0, 0.05) is 23.2 Å². The van der Waals surface area contributed by atoms with Gasteiger partial charge in [-0.25, -0.2) is 0 Å². The topological polar surface area (TPSA) is 34.2 Å². The molecule has 0 bridgehead atoms. The summed E-state index contributed by atoms with van der Waals surface area (Å²) in [5, 5.41) is 4.27. The number of hydrogen-bond acceptors (Lipinski definition) is 3. The molecule has 0 aliphatic rings. The lowest BCUT2D eigenvalue weighted by molar-refractivity contribution is 0.480. The number of aromatic nitrogens is 1. The molecule has 0 spiro atoms. The quantitative estimate of drug-likeness (QED) is 0.674. The number of halogens is 3. The summed E-state index contributed by atoms with van der Waals surface area (Å²) in [7, 11) is 0. The molecule has 2 rings (SSSR count). The third-order valence-electron chi connectivity index (χ3n) is 2.49. The molecule has 2 aromatic rings. The Bertz CT molecular complexity index is 608. The minimum atomic E-state index is 0.480. The van der Waals surface area contributed by atoms with Crippen LogP contribution in [-0.2, 0) is 0 Å². The molecule has 0 saturated heterocycles. The Balaban J connectivity index is 2.19. The van der Waals surface area contributed by atoms with E-state index in [4.69, 9.17) is 27.9 Å². The Labute approximate surface area is 136 Å². The van der Waals surface area contributed by atoms with E-state index in [0.29, 0.717) is 21.5 Å². The third-order valence-corrected chi connectivity index (χ3v) is 3.99. The van der Waals surface area contributed by atoms with Gasteiger partial charge >= 0.3 is 0 Å². The minimum Gasteiger partial charge on any atom is -0.454 e. The fraction of sp³-hybridized carbons (Fsp3) is 0.214. The number of nitrogens with zero attached hydrogens (tertiary/aromatic N) is 1. The molecule has 106 valence electrons. The van der Waals surface area contributed by atoms with E-state index in [1.165, 1.54) is 0 Å². The second-order valence-electron chi connectivity index (χ2n) is 4.13. The number of nitrogens with one attached hydrogen (secondary N) is 1. The molecule has 1 aromatic heterocycles. The van der Waals surface area contributed by atoms with E-state index in [1.54, 1.807) is 24.5 Å². The fourth-order valence-corrected chi connectivity index (χ4v) is 2.38. The van der Waals surface area contributed by atoms with Crippen molar-refractivity contribution in [2.75, 3.05) is 11.9 Å². The summed E-state index contributed by atoms with van der Waals surface area (Å²) in [5.74, 6) is 1.10. The van der Waals surface area contributed by atoms with E-state index in [9.17, 15) is 0 Å². The summed E-state index contributed by atoms with van der Waals surface area (Å²) in [6, 6.07) is 5.24. The second kappa shape index (κ2) is 7.16. The van der Waals surface area contributed by atoms with Crippen LogP contribution < -0.4 is 10.1 Å². The Morgan fingerprint density at radius 1 is 1.20 bits per heavy atom. The molecule has 0 aliphatic carbocycles. The molecule has 20 heavy (non-hydrogen) atoms. The van der Waals surface area contributed by atoms with Crippen molar-refractivity contribution in [3.63, 3.8) is 0 Å². The Morgan fingerprint density at radius 3 is 2.75 bits per heavy atom. The highest BCUT2D eigenvalue weighted by molar-refractivity contribution is 9.10. The monoisotopic (exact) mass is 374 g/mol. The second-order valence-corrected chi connectivity index (χ2v) is 5.80. The van der Waals surface area contributed by atoms with Gasteiger partial charge in [0.25, 0.3) is 0 Å². The molecular weight excluding hydrogens is 363 g/mol. The number of anilines is 1. The van der Waals surface area contributed by atoms with Gasteiger partial charge in [-0.05, 0) is 28.4 Å². The van der Waals surface area contributed by atoms with E-state index >= 15 is 0 Å². The summed E-state index contributed by atoms with van der Waals surface area (Å²) in [6.45, 7) is 2.99. The summed E-state index contributed by atoms with van der Waals surface area (Å²) >= 11 is 15.5. The van der Waals surface area contributed by atoms with Crippen LogP contribution in [0.15, 0.2) is 35.1 Å². The van der Waals surface area contributed by atoms with Crippen molar-refractivity contribution < 1.29 is 4.74 Å². The Morgan fingerprint density at radius 2 is 2.00 bits per heavy atom. The van der Waals surface area contributed by atoms with Gasteiger partial charge in [0.1, 0.15) is 11.5 Å². The van der Waals surface area contributed by atoms with E-state index in [-0.39, 0.29) is 0 Å². The predicted molar refractivity (Wildman–Crippen MR) is 87.3 cm³/mol. The highest BCUT2D eigenvalue weighted by Crippen LogP contribution is 2.36. The summed E-state index contributed by atoms with van der Waals surface area (Å²) in [6.07, 6.45) is 4.42. The molecular formula is C14H13BrCl2N2O. The SMILES string of the molecule is CCCNc1cncc(Oc2cc(Cl)c(Br)cc2Cl)c1. The lowest BCUT2D eigenvalue weighted by Crippen LogP contribution is -2.00. The van der Waals surface area contributed by atoms with Gasteiger partial charge in [0.15, 0.2) is 0 Å². The van der Waals surface area contributed by atoms with Crippen LogP contribution in [0, 0.1) is 0 Å². The van der Waals surface area contributed by atoms with Gasteiger partial charge in [-0.3, -0.25) is 4.98 Å². The molecule has 0 saturated carbocycles. The maximum atomic E-state index is 6.13. The van der Waals surface area contributed by atoms with Gasteiger partial charge in [0.05, 0.1) is 28.1 Å². The first kappa shape index (κ1) is 15.4. The normalized spacial score (nSPS) is 10.4. The molecule has 0 amide bonds. The van der Waals surface area contributed by atoms with E-state index < -0.39 is 0 Å². The van der Waals surface area contributed by atoms with Crippen molar-refractivity contribution in [1.82, 2.24) is 4.98 Å². The van der Waals surface area contributed by atoms with Crippen molar-refractivity contribution in [1.29, 1.82) is 0 Å². The molecule has 0 fully saturated rings. The van der Waals surface area contributed by atoms with Gasteiger partial charge in [-0.15, -0.1) is 0 Å². The smallest absolute Gasteiger partial charge is 0.147 e. The maximum Gasteiger partial charge on any atom is 0.147 e. The van der Waals surface area contributed by atoms with Gasteiger partial charge in [-0.1, -0.05) is 30.1 Å². The van der Waals surface area contributed by atoms with Crippen molar-refractivity contribution in [3.8, 4) is 11.5 Å². The number of hydrogen-bond donors (Lipinski definition) is 1. The van der Waals surface area contributed by atoms with Crippen LogP contribution in [0.2, 0.25) is 10.0 Å². The standard InChI is InChI=1S/C14H13BrCl2N2O/c1-2-3-19-9-4-10(8-18-7-9)20-14-6-12(16)11(15)5-13(14)17/h4-8,19H,2-3H2,1H3. The average molecular weight is 376 g/mol. The fourth-order valence-electron chi connectivity index (χ4n) is 1.55. The zero-order chi connectivity index (χ0) is 14.5. The zero-order valence-electron chi connectivity index (χ0n) is 10.8. The van der Waals surface area contributed by atoms with Gasteiger partial charge in [0.2, 0.25) is 0 Å². The van der Waals surface area contributed by atoms with E-state index in [2.05, 4.69) is 33.2 Å². The molecule has 1 N–H and O–H groups in total. The first-order valence-electron chi connectivity index (χ1n) is 6.11. The lowest BCUT2D eigenvalue weighted by Gasteiger charge is -2.10. The van der Waals surface area contributed by atoms with Gasteiger partial charge < -0.3 is 10.1 Å². The van der Waals surface area contributed by atoms with Crippen LogP contribution in [0.1, 0.15) is 13.3 Å². The van der Waals surface area contributed by atoms with Crippen LogP contribution in [0.4, 0.5) is 5.69 Å². The van der Waals surface area contributed by atoms with Crippen molar-refractivity contribution in [2.45, 2.75) is 13.3 Å². The number of benzene rings is 1. The van der Waals surface area contributed by atoms with Crippen LogP contribution >= 0.6 is 39.1 Å². The van der Waals surface area contributed by atoms with Crippen LogP contribution in [-0.4, -0.2) is 11.5 Å². The first-order chi connectivity index (χ1) is 9.60. The lowest BCUT2D eigenvalue weighted by atomic mass is 10.3. The van der Waals surface area contributed by atoms with Crippen LogP contribution in [0.3, 0.4) is 0 Å². The Hall–Kier alpha value is -0.970. The summed E-state index contributed by atoms with van der Waals surface area (Å²) < 4.78 is 6.46. The van der Waals surface area contributed by atoms with E-state index in [1.807, 2.05) is 6.07 Å². The molecule has 1 heterocycles. The predicted octanol–water partition coefficient (Wildman–Crippen LogP) is 5.77. The van der Waals surface area contributed by atoms with Crippen molar-refractivity contribution in [2.24, 2.45) is 0 Å². The van der Waals surface area contributed by atoms with Crippen molar-refractivity contribution in [3.05, 3.63) is 45.1 Å². The molecule has 3 nitrogen and oxygen atoms in total.